The average molecular weight is 490 g/mol. The Hall–Kier alpha value is -5.04. The summed E-state index contributed by atoms with van der Waals surface area (Å²) in [6.07, 6.45) is 3.39. The molecule has 1 N–H and O–H groups in total. The van der Waals surface area contributed by atoms with E-state index < -0.39 is 23.7 Å². The summed E-state index contributed by atoms with van der Waals surface area (Å²) in [6.45, 7) is 0.592. The molecule has 6 nitrogen and oxygen atoms in total. The molecule has 0 aliphatic carbocycles. The van der Waals surface area contributed by atoms with Gasteiger partial charge in [0.15, 0.2) is 0 Å². The van der Waals surface area contributed by atoms with Gasteiger partial charge in [0.25, 0.3) is 11.8 Å². The lowest BCUT2D eigenvalue weighted by Crippen LogP contribution is -2.54. The largest absolute Gasteiger partial charge is 0.342 e. The number of hydrogen-bond donors (Lipinski definition) is 1. The second-order valence-electron chi connectivity index (χ2n) is 8.85. The van der Waals surface area contributed by atoms with E-state index in [0.29, 0.717) is 12.1 Å². The van der Waals surface area contributed by atoms with Gasteiger partial charge in [0.2, 0.25) is 0 Å². The van der Waals surface area contributed by atoms with E-state index in [-0.39, 0.29) is 11.3 Å². The summed E-state index contributed by atoms with van der Waals surface area (Å²) in [6, 6.07) is 26.3. The Balaban J connectivity index is 1.40. The maximum Gasteiger partial charge on any atom is 0.335 e. The SMILES string of the molecule is O=C1NC(=O)N(c2ccc(F)cc2)C(=O)/C1=C/c1cn(Cc2ccc3ccccc3c2)c2ccccc12. The lowest BCUT2D eigenvalue weighted by molar-refractivity contribution is -0.122. The molecule has 1 aliphatic rings. The number of carbonyl (C=O) groups is 3. The Labute approximate surface area is 211 Å². The van der Waals surface area contributed by atoms with Crippen molar-refractivity contribution in [1.29, 1.82) is 0 Å². The maximum atomic E-state index is 13.4. The van der Waals surface area contributed by atoms with Gasteiger partial charge in [0, 0.05) is 29.2 Å². The van der Waals surface area contributed by atoms with Crippen LogP contribution in [0.3, 0.4) is 0 Å². The van der Waals surface area contributed by atoms with E-state index in [1.54, 1.807) is 0 Å². The molecule has 1 aromatic heterocycles. The number of hydrogen-bond acceptors (Lipinski definition) is 3. The van der Waals surface area contributed by atoms with Crippen molar-refractivity contribution in [1.82, 2.24) is 9.88 Å². The van der Waals surface area contributed by atoms with Crippen LogP contribution in [-0.2, 0) is 16.1 Å². The quantitative estimate of drug-likeness (QED) is 0.262. The predicted molar refractivity (Wildman–Crippen MR) is 140 cm³/mol. The minimum atomic E-state index is -0.877. The predicted octanol–water partition coefficient (Wildman–Crippen LogP) is 5.65. The molecule has 1 fully saturated rings. The van der Waals surface area contributed by atoms with E-state index in [9.17, 15) is 18.8 Å². The lowest BCUT2D eigenvalue weighted by Gasteiger charge is -2.26. The van der Waals surface area contributed by atoms with Crippen LogP contribution in [0.5, 0.6) is 0 Å². The number of carbonyl (C=O) groups excluding carboxylic acids is 3. The van der Waals surface area contributed by atoms with Gasteiger partial charge in [0.1, 0.15) is 11.4 Å². The third-order valence-electron chi connectivity index (χ3n) is 6.47. The molecule has 4 amide bonds. The molecule has 0 atom stereocenters. The van der Waals surface area contributed by atoms with Crippen LogP contribution in [-0.4, -0.2) is 22.4 Å². The van der Waals surface area contributed by atoms with Crippen LogP contribution in [0.1, 0.15) is 11.1 Å². The Morgan fingerprint density at radius 3 is 2.35 bits per heavy atom. The van der Waals surface area contributed by atoms with E-state index in [0.717, 1.165) is 44.3 Å². The fourth-order valence-electron chi connectivity index (χ4n) is 4.69. The van der Waals surface area contributed by atoms with Crippen LogP contribution >= 0.6 is 0 Å². The van der Waals surface area contributed by atoms with Gasteiger partial charge in [-0.1, -0.05) is 54.6 Å². The van der Waals surface area contributed by atoms with Crippen molar-refractivity contribution in [3.8, 4) is 0 Å². The molecular formula is C30H20FN3O3. The Morgan fingerprint density at radius 1 is 0.811 bits per heavy atom. The number of rotatable bonds is 4. The standard InChI is InChI=1S/C30H20FN3O3/c31-23-11-13-24(14-12-23)34-29(36)26(28(35)32-30(34)37)16-22-18-33(27-8-4-3-7-25(22)27)17-19-9-10-20-5-1-2-6-21(20)15-19/h1-16,18H,17H2,(H,32,35,37)/b26-16+. The lowest BCUT2D eigenvalue weighted by atomic mass is 10.1. The normalized spacial score (nSPS) is 15.1. The van der Waals surface area contributed by atoms with Crippen molar-refractivity contribution in [3.05, 3.63) is 120 Å². The molecule has 37 heavy (non-hydrogen) atoms. The molecule has 1 saturated heterocycles. The summed E-state index contributed by atoms with van der Waals surface area (Å²) >= 11 is 0. The first-order chi connectivity index (χ1) is 18.0. The molecule has 0 unspecified atom stereocenters. The van der Waals surface area contributed by atoms with Crippen molar-refractivity contribution < 1.29 is 18.8 Å². The van der Waals surface area contributed by atoms with Crippen molar-refractivity contribution in [2.24, 2.45) is 0 Å². The zero-order chi connectivity index (χ0) is 25.5. The van der Waals surface area contributed by atoms with Crippen LogP contribution in [0.4, 0.5) is 14.9 Å². The van der Waals surface area contributed by atoms with Crippen molar-refractivity contribution in [2.45, 2.75) is 6.54 Å². The van der Waals surface area contributed by atoms with Crippen LogP contribution in [0.25, 0.3) is 27.8 Å². The van der Waals surface area contributed by atoms with Gasteiger partial charge in [0.05, 0.1) is 5.69 Å². The Kier molecular flexibility index (Phi) is 5.38. The number of nitrogens with one attached hydrogen (secondary N) is 1. The van der Waals surface area contributed by atoms with Crippen molar-refractivity contribution in [3.63, 3.8) is 0 Å². The Bertz CT molecular complexity index is 1750. The minimum absolute atomic E-state index is 0.168. The zero-order valence-electron chi connectivity index (χ0n) is 19.5. The highest BCUT2D eigenvalue weighted by atomic mass is 19.1. The highest BCUT2D eigenvalue weighted by Crippen LogP contribution is 2.28. The monoisotopic (exact) mass is 489 g/mol. The van der Waals surface area contributed by atoms with Crippen LogP contribution in [0.2, 0.25) is 0 Å². The van der Waals surface area contributed by atoms with Gasteiger partial charge in [-0.3, -0.25) is 14.9 Å². The average Bonchev–Trinajstić information content (AvgIpc) is 3.24. The van der Waals surface area contributed by atoms with E-state index in [1.165, 1.54) is 18.2 Å². The Morgan fingerprint density at radius 2 is 1.54 bits per heavy atom. The first-order valence-electron chi connectivity index (χ1n) is 11.7. The highest BCUT2D eigenvalue weighted by molar-refractivity contribution is 6.39. The number of aromatic nitrogens is 1. The molecule has 0 radical (unpaired) electrons. The van der Waals surface area contributed by atoms with Crippen molar-refractivity contribution in [2.75, 3.05) is 4.90 Å². The number of barbiturate groups is 1. The van der Waals surface area contributed by atoms with Gasteiger partial charge in [-0.25, -0.2) is 14.1 Å². The van der Waals surface area contributed by atoms with Crippen LogP contribution < -0.4 is 10.2 Å². The molecule has 7 heteroatoms. The highest BCUT2D eigenvalue weighted by Gasteiger charge is 2.37. The van der Waals surface area contributed by atoms with E-state index >= 15 is 0 Å². The number of para-hydroxylation sites is 1. The third-order valence-corrected chi connectivity index (χ3v) is 6.47. The molecule has 180 valence electrons. The molecule has 1 aliphatic heterocycles. The number of imide groups is 2. The van der Waals surface area contributed by atoms with Crippen LogP contribution in [0.15, 0.2) is 103 Å². The fraction of sp³-hybridized carbons (Fsp3) is 0.0333. The third kappa shape index (κ3) is 4.06. The summed E-state index contributed by atoms with van der Waals surface area (Å²) in [4.78, 5) is 39.3. The van der Waals surface area contributed by atoms with Gasteiger partial charge in [-0.15, -0.1) is 0 Å². The van der Waals surface area contributed by atoms with E-state index in [1.807, 2.05) is 42.6 Å². The molecule has 5 aromatic rings. The second kappa shape index (κ2) is 8.87. The molecular weight excluding hydrogens is 469 g/mol. The zero-order valence-corrected chi connectivity index (χ0v) is 19.5. The molecule has 6 rings (SSSR count). The molecule has 4 aromatic carbocycles. The summed E-state index contributed by atoms with van der Waals surface area (Å²) in [7, 11) is 0. The molecule has 2 heterocycles. The fourth-order valence-corrected chi connectivity index (χ4v) is 4.69. The minimum Gasteiger partial charge on any atom is -0.342 e. The van der Waals surface area contributed by atoms with E-state index in [4.69, 9.17) is 0 Å². The summed E-state index contributed by atoms with van der Waals surface area (Å²) in [5.41, 5.74) is 2.71. The van der Waals surface area contributed by atoms with Gasteiger partial charge in [-0.2, -0.15) is 0 Å². The summed E-state index contributed by atoms with van der Waals surface area (Å²) in [5.74, 6) is -2.05. The van der Waals surface area contributed by atoms with E-state index in [2.05, 4.69) is 40.2 Å². The molecule has 0 saturated carbocycles. The smallest absolute Gasteiger partial charge is 0.335 e. The number of anilines is 1. The number of amides is 4. The van der Waals surface area contributed by atoms with Gasteiger partial charge < -0.3 is 4.57 Å². The molecule has 0 bridgehead atoms. The topological polar surface area (TPSA) is 71.4 Å². The van der Waals surface area contributed by atoms with Crippen LogP contribution in [0, 0.1) is 5.82 Å². The first-order valence-corrected chi connectivity index (χ1v) is 11.7. The molecule has 0 spiro atoms. The van der Waals surface area contributed by atoms with Crippen molar-refractivity contribution >= 4 is 51.3 Å². The number of benzene rings is 4. The number of nitrogens with zero attached hydrogens (tertiary/aromatic N) is 2. The number of halogens is 1. The maximum absolute atomic E-state index is 13.4. The van der Waals surface area contributed by atoms with Gasteiger partial charge >= 0.3 is 6.03 Å². The summed E-state index contributed by atoms with van der Waals surface area (Å²) in [5, 5.41) is 5.39. The summed E-state index contributed by atoms with van der Waals surface area (Å²) < 4.78 is 15.5. The number of urea groups is 1. The second-order valence-corrected chi connectivity index (χ2v) is 8.85. The number of fused-ring (bicyclic) bond motifs is 2. The van der Waals surface area contributed by atoms with Gasteiger partial charge in [-0.05, 0) is 58.8 Å². The first kappa shape index (κ1) is 22.4.